The fourth-order valence-corrected chi connectivity index (χ4v) is 2.00. The molecule has 0 saturated carbocycles. The van der Waals surface area contributed by atoms with Crippen LogP contribution in [0.3, 0.4) is 0 Å². The van der Waals surface area contributed by atoms with Gasteiger partial charge in [-0.3, -0.25) is 0 Å². The Hall–Kier alpha value is -1.17. The fraction of sp³-hybridized carbons (Fsp3) is 0.692. The van der Waals surface area contributed by atoms with Gasteiger partial charge in [0.05, 0.1) is 13.7 Å². The summed E-state index contributed by atoms with van der Waals surface area (Å²) in [5.41, 5.74) is -2.35. The number of alkyl halides is 1. The van der Waals surface area contributed by atoms with E-state index in [1.807, 2.05) is 0 Å². The SMILES string of the molecule is C=C(CC(C)(F)C(=O)OCC[Si](C)(C)C)C(=O)OC. The number of esters is 2. The molecule has 0 bridgehead atoms. The third-order valence-electron chi connectivity index (χ3n) is 2.53. The average molecular weight is 290 g/mol. The Balaban J connectivity index is 4.36. The number of methoxy groups -OCH3 is 1. The molecule has 0 N–H and O–H groups in total. The number of ether oxygens (including phenoxy) is 2. The van der Waals surface area contributed by atoms with E-state index in [2.05, 4.69) is 31.0 Å². The van der Waals surface area contributed by atoms with E-state index in [1.165, 1.54) is 7.11 Å². The standard InChI is InChI=1S/C13H23FO4Si/c1-10(11(15)17-3)9-13(2,14)12(16)18-7-8-19(4,5)6/h1,7-9H2,2-6H3. The molecule has 0 aliphatic rings. The largest absolute Gasteiger partial charge is 0.466 e. The molecule has 0 aliphatic heterocycles. The molecule has 0 aromatic carbocycles. The summed E-state index contributed by atoms with van der Waals surface area (Å²) in [6.07, 6.45) is -0.425. The van der Waals surface area contributed by atoms with E-state index in [0.717, 1.165) is 13.0 Å². The predicted octanol–water partition coefficient (Wildman–Crippen LogP) is 2.72. The number of carbonyl (C=O) groups is 2. The van der Waals surface area contributed by atoms with Crippen LogP contribution >= 0.6 is 0 Å². The highest BCUT2D eigenvalue weighted by atomic mass is 28.3. The second-order valence-corrected chi connectivity index (χ2v) is 11.5. The first-order valence-corrected chi connectivity index (χ1v) is 9.82. The normalized spacial score (nSPS) is 14.4. The van der Waals surface area contributed by atoms with E-state index in [9.17, 15) is 14.0 Å². The molecular formula is C13H23FO4Si. The van der Waals surface area contributed by atoms with Gasteiger partial charge < -0.3 is 9.47 Å². The summed E-state index contributed by atoms with van der Waals surface area (Å²) in [5, 5.41) is 0. The van der Waals surface area contributed by atoms with Gasteiger partial charge in [0.2, 0.25) is 5.67 Å². The number of rotatable bonds is 7. The highest BCUT2D eigenvalue weighted by Gasteiger charge is 2.37. The number of hydrogen-bond donors (Lipinski definition) is 0. The highest BCUT2D eigenvalue weighted by molar-refractivity contribution is 6.76. The zero-order chi connectivity index (χ0) is 15.3. The van der Waals surface area contributed by atoms with Gasteiger partial charge in [-0.2, -0.15) is 0 Å². The minimum absolute atomic E-state index is 0.0883. The lowest BCUT2D eigenvalue weighted by Gasteiger charge is -2.21. The lowest BCUT2D eigenvalue weighted by molar-refractivity contribution is -0.156. The van der Waals surface area contributed by atoms with Gasteiger partial charge in [0.25, 0.3) is 0 Å². The Labute approximate surface area is 115 Å². The molecule has 0 rings (SSSR count). The van der Waals surface area contributed by atoms with Crippen molar-refractivity contribution in [3.05, 3.63) is 12.2 Å². The molecule has 6 heteroatoms. The van der Waals surface area contributed by atoms with Crippen LogP contribution in [0.1, 0.15) is 13.3 Å². The predicted molar refractivity (Wildman–Crippen MR) is 74.4 cm³/mol. The van der Waals surface area contributed by atoms with Crippen molar-refractivity contribution in [1.29, 1.82) is 0 Å². The molecule has 1 atom stereocenters. The van der Waals surface area contributed by atoms with Crippen LogP contribution in [-0.4, -0.2) is 39.4 Å². The van der Waals surface area contributed by atoms with Crippen LogP contribution in [0.5, 0.6) is 0 Å². The molecule has 19 heavy (non-hydrogen) atoms. The molecule has 4 nitrogen and oxygen atoms in total. The second-order valence-electron chi connectivity index (χ2n) is 5.92. The summed E-state index contributed by atoms with van der Waals surface area (Å²) < 4.78 is 23.5. The molecule has 1 unspecified atom stereocenters. The molecular weight excluding hydrogens is 267 g/mol. The third kappa shape index (κ3) is 7.10. The summed E-state index contributed by atoms with van der Waals surface area (Å²) in [7, 11) is -0.154. The lowest BCUT2D eigenvalue weighted by Crippen LogP contribution is -2.35. The first-order chi connectivity index (χ1) is 8.49. The van der Waals surface area contributed by atoms with Gasteiger partial charge in [-0.05, 0) is 13.0 Å². The van der Waals surface area contributed by atoms with Gasteiger partial charge in [-0.1, -0.05) is 26.2 Å². The van der Waals surface area contributed by atoms with Crippen molar-refractivity contribution in [1.82, 2.24) is 0 Å². The Bertz CT molecular complexity index is 358. The van der Waals surface area contributed by atoms with Gasteiger partial charge in [0, 0.05) is 20.1 Å². The monoisotopic (exact) mass is 290 g/mol. The number of hydrogen-bond acceptors (Lipinski definition) is 4. The van der Waals surface area contributed by atoms with Gasteiger partial charge in [-0.15, -0.1) is 0 Å². The lowest BCUT2D eigenvalue weighted by atomic mass is 9.99. The molecule has 0 radical (unpaired) electrons. The third-order valence-corrected chi connectivity index (χ3v) is 4.23. The van der Waals surface area contributed by atoms with Crippen molar-refractivity contribution < 1.29 is 23.5 Å². The average Bonchev–Trinajstić information content (AvgIpc) is 2.25. The van der Waals surface area contributed by atoms with Gasteiger partial charge in [0.1, 0.15) is 0 Å². The fourth-order valence-electron chi connectivity index (χ4n) is 1.29. The van der Waals surface area contributed by atoms with Crippen LogP contribution in [0.25, 0.3) is 0 Å². The Morgan fingerprint density at radius 2 is 1.84 bits per heavy atom. The molecule has 0 heterocycles. The summed E-state index contributed by atoms with van der Waals surface area (Å²) >= 11 is 0. The summed E-state index contributed by atoms with van der Waals surface area (Å²) in [5.74, 6) is -1.69. The van der Waals surface area contributed by atoms with Gasteiger partial charge >= 0.3 is 11.9 Å². The Morgan fingerprint density at radius 1 is 1.32 bits per heavy atom. The molecule has 0 fully saturated rings. The quantitative estimate of drug-likeness (QED) is 0.411. The van der Waals surface area contributed by atoms with E-state index >= 15 is 0 Å². The van der Waals surface area contributed by atoms with E-state index < -0.39 is 32.1 Å². The van der Waals surface area contributed by atoms with Crippen LogP contribution in [0.2, 0.25) is 25.7 Å². The van der Waals surface area contributed by atoms with Crippen molar-refractivity contribution in [2.45, 2.75) is 44.7 Å². The zero-order valence-corrected chi connectivity index (χ0v) is 13.3. The summed E-state index contributed by atoms with van der Waals surface area (Å²) in [6, 6.07) is 0.771. The number of halogens is 1. The molecule has 0 spiro atoms. The minimum atomic E-state index is -2.26. The molecule has 110 valence electrons. The summed E-state index contributed by atoms with van der Waals surface area (Å²) in [6.45, 7) is 11.1. The van der Waals surface area contributed by atoms with Crippen molar-refractivity contribution >= 4 is 20.0 Å². The Morgan fingerprint density at radius 3 is 2.26 bits per heavy atom. The second kappa shape index (κ2) is 6.84. The minimum Gasteiger partial charge on any atom is -0.466 e. The summed E-state index contributed by atoms with van der Waals surface area (Å²) in [4.78, 5) is 22.7. The highest BCUT2D eigenvalue weighted by Crippen LogP contribution is 2.23. The van der Waals surface area contributed by atoms with Crippen molar-refractivity contribution in [2.75, 3.05) is 13.7 Å². The van der Waals surface area contributed by atoms with E-state index in [4.69, 9.17) is 4.74 Å². The van der Waals surface area contributed by atoms with Gasteiger partial charge in [-0.25, -0.2) is 14.0 Å². The van der Waals surface area contributed by atoms with E-state index in [-0.39, 0.29) is 12.2 Å². The maximum Gasteiger partial charge on any atom is 0.343 e. The zero-order valence-electron chi connectivity index (χ0n) is 12.3. The van der Waals surface area contributed by atoms with Crippen molar-refractivity contribution in [3.8, 4) is 0 Å². The van der Waals surface area contributed by atoms with Crippen LogP contribution in [0.4, 0.5) is 4.39 Å². The van der Waals surface area contributed by atoms with E-state index in [0.29, 0.717) is 0 Å². The molecule has 0 amide bonds. The van der Waals surface area contributed by atoms with Crippen molar-refractivity contribution in [2.24, 2.45) is 0 Å². The Kier molecular flexibility index (Phi) is 6.42. The first-order valence-electron chi connectivity index (χ1n) is 6.12. The molecule has 0 aliphatic carbocycles. The van der Waals surface area contributed by atoms with Crippen LogP contribution < -0.4 is 0 Å². The van der Waals surface area contributed by atoms with Crippen LogP contribution in [0.15, 0.2) is 12.2 Å². The molecule has 0 aromatic heterocycles. The maximum atomic E-state index is 14.1. The van der Waals surface area contributed by atoms with E-state index in [1.54, 1.807) is 0 Å². The van der Waals surface area contributed by atoms with Crippen LogP contribution in [0, 0.1) is 0 Å². The first kappa shape index (κ1) is 17.8. The van der Waals surface area contributed by atoms with Crippen molar-refractivity contribution in [3.63, 3.8) is 0 Å². The maximum absolute atomic E-state index is 14.1. The number of carbonyl (C=O) groups excluding carboxylic acids is 2. The molecule has 0 aromatic rings. The topological polar surface area (TPSA) is 52.6 Å². The van der Waals surface area contributed by atoms with Crippen LogP contribution in [-0.2, 0) is 19.1 Å². The molecule has 0 saturated heterocycles. The smallest absolute Gasteiger partial charge is 0.343 e. The van der Waals surface area contributed by atoms with Gasteiger partial charge in [0.15, 0.2) is 0 Å².